The van der Waals surface area contributed by atoms with Crippen molar-refractivity contribution in [3.63, 3.8) is 0 Å². The van der Waals surface area contributed by atoms with Crippen LogP contribution in [-0.4, -0.2) is 43.2 Å². The third kappa shape index (κ3) is 4.83. The number of benzene rings is 2. The van der Waals surface area contributed by atoms with Gasteiger partial charge in [-0.3, -0.25) is 4.79 Å². The number of aryl methyl sites for hydroxylation is 2. The van der Waals surface area contributed by atoms with E-state index in [1.165, 1.54) is 5.56 Å². The summed E-state index contributed by atoms with van der Waals surface area (Å²) in [5, 5.41) is 0. The lowest BCUT2D eigenvalue weighted by molar-refractivity contribution is -0.139. The molecule has 4 heteroatoms. The Kier molecular flexibility index (Phi) is 5.71. The molecule has 0 radical (unpaired) electrons. The number of rotatable bonds is 5. The number of amides is 1. The molecule has 25 heavy (non-hydrogen) atoms. The van der Waals surface area contributed by atoms with Crippen molar-refractivity contribution in [2.45, 2.75) is 26.4 Å². The summed E-state index contributed by atoms with van der Waals surface area (Å²) in [6, 6.07) is 16.0. The van der Waals surface area contributed by atoms with Gasteiger partial charge in [-0.25, -0.2) is 0 Å². The molecule has 4 nitrogen and oxygen atoms in total. The maximum Gasteiger partial charge on any atom is 0.227 e. The van der Waals surface area contributed by atoms with E-state index in [-0.39, 0.29) is 12.0 Å². The van der Waals surface area contributed by atoms with Gasteiger partial charge in [0.05, 0.1) is 19.6 Å². The average Bonchev–Trinajstić information content (AvgIpc) is 2.63. The molecule has 1 heterocycles. The Hall–Kier alpha value is -2.33. The van der Waals surface area contributed by atoms with Crippen molar-refractivity contribution in [2.75, 3.05) is 26.3 Å². The van der Waals surface area contributed by atoms with Crippen LogP contribution in [0.1, 0.15) is 16.7 Å². The Morgan fingerprint density at radius 3 is 2.68 bits per heavy atom. The van der Waals surface area contributed by atoms with Crippen LogP contribution in [0.5, 0.6) is 5.75 Å². The second-order valence-electron chi connectivity index (χ2n) is 6.56. The second-order valence-corrected chi connectivity index (χ2v) is 6.56. The minimum Gasteiger partial charge on any atom is -0.491 e. The third-order valence-electron chi connectivity index (χ3n) is 4.55. The molecule has 0 N–H and O–H groups in total. The highest BCUT2D eigenvalue weighted by atomic mass is 16.5. The van der Waals surface area contributed by atoms with Crippen LogP contribution in [0.2, 0.25) is 0 Å². The Morgan fingerprint density at radius 2 is 1.92 bits per heavy atom. The Bertz CT molecular complexity index is 711. The van der Waals surface area contributed by atoms with E-state index in [0.717, 1.165) is 16.9 Å². The number of ether oxygens (including phenoxy) is 2. The predicted octanol–water partition coefficient (Wildman–Crippen LogP) is 3.15. The van der Waals surface area contributed by atoms with E-state index in [4.69, 9.17) is 9.47 Å². The predicted molar refractivity (Wildman–Crippen MR) is 97.9 cm³/mol. The maximum absolute atomic E-state index is 12.6. The monoisotopic (exact) mass is 339 g/mol. The molecule has 1 saturated heterocycles. The van der Waals surface area contributed by atoms with Gasteiger partial charge in [-0.2, -0.15) is 0 Å². The number of carbonyl (C=O) groups excluding carboxylic acids is 1. The molecule has 0 spiro atoms. The van der Waals surface area contributed by atoms with Gasteiger partial charge in [0.1, 0.15) is 18.5 Å². The van der Waals surface area contributed by atoms with Crippen molar-refractivity contribution < 1.29 is 14.3 Å². The Labute approximate surface area is 149 Å². The summed E-state index contributed by atoms with van der Waals surface area (Å²) in [5.41, 5.74) is 3.45. The van der Waals surface area contributed by atoms with E-state index in [0.29, 0.717) is 32.7 Å². The van der Waals surface area contributed by atoms with E-state index < -0.39 is 0 Å². The largest absolute Gasteiger partial charge is 0.491 e. The van der Waals surface area contributed by atoms with E-state index in [1.54, 1.807) is 0 Å². The van der Waals surface area contributed by atoms with Crippen LogP contribution in [0.3, 0.4) is 0 Å². The molecule has 1 atom stereocenters. The molecule has 0 saturated carbocycles. The van der Waals surface area contributed by atoms with E-state index in [1.807, 2.05) is 67.3 Å². The molecule has 0 bridgehead atoms. The molecule has 1 amide bonds. The lowest BCUT2D eigenvalue weighted by Gasteiger charge is -2.33. The smallest absolute Gasteiger partial charge is 0.227 e. The summed E-state index contributed by atoms with van der Waals surface area (Å²) in [6.45, 7) is 6.33. The lowest BCUT2D eigenvalue weighted by Crippen LogP contribution is -2.48. The highest BCUT2D eigenvalue weighted by Crippen LogP contribution is 2.15. The normalized spacial score (nSPS) is 17.4. The zero-order valence-corrected chi connectivity index (χ0v) is 14.9. The first kappa shape index (κ1) is 17.5. The molecule has 1 fully saturated rings. The molecule has 2 aromatic rings. The standard InChI is InChI=1S/C21H25NO3/c1-16-7-9-19(10-8-16)25-15-20-14-22(11-12-24-20)21(23)13-18-6-4-3-5-17(18)2/h3-10,20H,11-15H2,1-2H3. The van der Waals surface area contributed by atoms with Crippen molar-refractivity contribution >= 4 is 5.91 Å². The number of hydrogen-bond donors (Lipinski definition) is 0. The van der Waals surface area contributed by atoms with Crippen molar-refractivity contribution in [3.05, 3.63) is 65.2 Å². The van der Waals surface area contributed by atoms with Gasteiger partial charge in [0.15, 0.2) is 0 Å². The SMILES string of the molecule is Cc1ccc(OCC2CN(C(=O)Cc3ccccc3C)CCO2)cc1. The molecule has 2 aromatic carbocycles. The summed E-state index contributed by atoms with van der Waals surface area (Å²) in [4.78, 5) is 14.5. The topological polar surface area (TPSA) is 38.8 Å². The van der Waals surface area contributed by atoms with Gasteiger partial charge in [0, 0.05) is 6.54 Å². The quantitative estimate of drug-likeness (QED) is 0.840. The fraction of sp³-hybridized carbons (Fsp3) is 0.381. The van der Waals surface area contributed by atoms with Crippen molar-refractivity contribution in [2.24, 2.45) is 0 Å². The third-order valence-corrected chi connectivity index (χ3v) is 4.55. The number of carbonyl (C=O) groups is 1. The molecule has 1 aliphatic heterocycles. The van der Waals surface area contributed by atoms with Crippen LogP contribution in [0, 0.1) is 13.8 Å². The number of nitrogens with zero attached hydrogens (tertiary/aromatic N) is 1. The van der Waals surface area contributed by atoms with Gasteiger partial charge in [0.2, 0.25) is 5.91 Å². The van der Waals surface area contributed by atoms with Crippen LogP contribution in [-0.2, 0) is 16.0 Å². The van der Waals surface area contributed by atoms with Crippen LogP contribution >= 0.6 is 0 Å². The molecule has 1 unspecified atom stereocenters. The fourth-order valence-corrected chi connectivity index (χ4v) is 2.95. The van der Waals surface area contributed by atoms with Gasteiger partial charge < -0.3 is 14.4 Å². The molecular formula is C21H25NO3. The maximum atomic E-state index is 12.6. The molecule has 132 valence electrons. The Balaban J connectivity index is 1.52. The molecule has 0 aliphatic carbocycles. The van der Waals surface area contributed by atoms with Crippen LogP contribution in [0.25, 0.3) is 0 Å². The first-order valence-corrected chi connectivity index (χ1v) is 8.75. The van der Waals surface area contributed by atoms with E-state index >= 15 is 0 Å². The zero-order valence-electron chi connectivity index (χ0n) is 14.9. The van der Waals surface area contributed by atoms with E-state index in [2.05, 4.69) is 0 Å². The summed E-state index contributed by atoms with van der Waals surface area (Å²) in [6.07, 6.45) is 0.356. The number of hydrogen-bond acceptors (Lipinski definition) is 3. The molecule has 3 rings (SSSR count). The second kappa shape index (κ2) is 8.17. The van der Waals surface area contributed by atoms with Crippen molar-refractivity contribution in [3.8, 4) is 5.75 Å². The van der Waals surface area contributed by atoms with Crippen molar-refractivity contribution in [1.29, 1.82) is 0 Å². The van der Waals surface area contributed by atoms with Crippen molar-refractivity contribution in [1.82, 2.24) is 4.90 Å². The summed E-state index contributed by atoms with van der Waals surface area (Å²) < 4.78 is 11.6. The summed E-state index contributed by atoms with van der Waals surface area (Å²) in [5.74, 6) is 0.982. The minimum atomic E-state index is -0.0872. The Morgan fingerprint density at radius 1 is 1.16 bits per heavy atom. The first-order chi connectivity index (χ1) is 12.1. The van der Waals surface area contributed by atoms with Gasteiger partial charge in [0.25, 0.3) is 0 Å². The van der Waals surface area contributed by atoms with Gasteiger partial charge in [-0.1, -0.05) is 42.0 Å². The highest BCUT2D eigenvalue weighted by molar-refractivity contribution is 5.79. The fourth-order valence-electron chi connectivity index (χ4n) is 2.95. The lowest BCUT2D eigenvalue weighted by atomic mass is 10.1. The van der Waals surface area contributed by atoms with Crippen LogP contribution < -0.4 is 4.74 Å². The highest BCUT2D eigenvalue weighted by Gasteiger charge is 2.25. The zero-order chi connectivity index (χ0) is 17.6. The first-order valence-electron chi connectivity index (χ1n) is 8.75. The average molecular weight is 339 g/mol. The van der Waals surface area contributed by atoms with Gasteiger partial charge in [-0.15, -0.1) is 0 Å². The van der Waals surface area contributed by atoms with Gasteiger partial charge >= 0.3 is 0 Å². The molecule has 0 aromatic heterocycles. The number of morpholine rings is 1. The van der Waals surface area contributed by atoms with Crippen LogP contribution in [0.4, 0.5) is 0 Å². The van der Waals surface area contributed by atoms with Gasteiger partial charge in [-0.05, 0) is 37.1 Å². The van der Waals surface area contributed by atoms with E-state index in [9.17, 15) is 4.79 Å². The van der Waals surface area contributed by atoms with Crippen LogP contribution in [0.15, 0.2) is 48.5 Å². The molecule has 1 aliphatic rings. The molecular weight excluding hydrogens is 314 g/mol. The summed E-state index contributed by atoms with van der Waals surface area (Å²) in [7, 11) is 0. The minimum absolute atomic E-state index is 0.0872. The summed E-state index contributed by atoms with van der Waals surface area (Å²) >= 11 is 0.